The number of rotatable bonds is 2. The predicted octanol–water partition coefficient (Wildman–Crippen LogP) is 2.99. The van der Waals surface area contributed by atoms with Crippen LogP contribution in [0.4, 0.5) is 10.1 Å². The van der Waals surface area contributed by atoms with E-state index in [-0.39, 0.29) is 11.7 Å². The highest BCUT2D eigenvalue weighted by molar-refractivity contribution is 6.04. The summed E-state index contributed by atoms with van der Waals surface area (Å²) < 4.78 is 13.5. The minimum absolute atomic E-state index is 0.214. The molecule has 0 spiro atoms. The molecule has 2 N–H and O–H groups in total. The fourth-order valence-electron chi connectivity index (χ4n) is 2.37. The molecule has 1 aliphatic heterocycles. The summed E-state index contributed by atoms with van der Waals surface area (Å²) in [5.74, 6) is -0.533. The second-order valence-corrected chi connectivity index (χ2v) is 4.95. The molecule has 0 radical (unpaired) electrons. The SMILES string of the molecule is Cc1c(F)cccc1NC(=O)c1ccc2c(c1)CNC2. The van der Waals surface area contributed by atoms with Crippen LogP contribution in [0.2, 0.25) is 0 Å². The Bertz CT molecular complexity index is 682. The maximum Gasteiger partial charge on any atom is 0.255 e. The lowest BCUT2D eigenvalue weighted by Gasteiger charge is -2.09. The second kappa shape index (κ2) is 5.06. The number of hydrogen-bond acceptors (Lipinski definition) is 2. The Kier molecular flexibility index (Phi) is 3.24. The molecule has 0 saturated carbocycles. The lowest BCUT2D eigenvalue weighted by molar-refractivity contribution is 0.102. The van der Waals surface area contributed by atoms with Gasteiger partial charge in [-0.2, -0.15) is 0 Å². The average molecular weight is 270 g/mol. The largest absolute Gasteiger partial charge is 0.322 e. The van der Waals surface area contributed by atoms with Crippen molar-refractivity contribution in [3.8, 4) is 0 Å². The van der Waals surface area contributed by atoms with Crippen molar-refractivity contribution in [2.45, 2.75) is 20.0 Å². The van der Waals surface area contributed by atoms with Crippen molar-refractivity contribution in [3.05, 3.63) is 64.5 Å². The van der Waals surface area contributed by atoms with E-state index >= 15 is 0 Å². The second-order valence-electron chi connectivity index (χ2n) is 4.95. The molecule has 0 atom stereocenters. The van der Waals surface area contributed by atoms with Gasteiger partial charge in [-0.05, 0) is 42.3 Å². The molecule has 0 bridgehead atoms. The topological polar surface area (TPSA) is 41.1 Å². The van der Waals surface area contributed by atoms with Crippen LogP contribution in [-0.4, -0.2) is 5.91 Å². The molecule has 1 amide bonds. The summed E-state index contributed by atoms with van der Waals surface area (Å²) in [6.45, 7) is 3.28. The minimum atomic E-state index is -0.319. The van der Waals surface area contributed by atoms with Crippen molar-refractivity contribution in [3.63, 3.8) is 0 Å². The van der Waals surface area contributed by atoms with Crippen molar-refractivity contribution in [2.24, 2.45) is 0 Å². The van der Waals surface area contributed by atoms with Crippen molar-refractivity contribution in [1.29, 1.82) is 0 Å². The first-order valence-electron chi connectivity index (χ1n) is 6.54. The van der Waals surface area contributed by atoms with Gasteiger partial charge in [0.2, 0.25) is 0 Å². The third kappa shape index (κ3) is 2.30. The van der Waals surface area contributed by atoms with Crippen LogP contribution in [0.15, 0.2) is 36.4 Å². The predicted molar refractivity (Wildman–Crippen MR) is 76.1 cm³/mol. The van der Waals surface area contributed by atoms with Gasteiger partial charge in [-0.3, -0.25) is 4.79 Å². The van der Waals surface area contributed by atoms with E-state index in [1.54, 1.807) is 25.1 Å². The Labute approximate surface area is 116 Å². The summed E-state index contributed by atoms with van der Waals surface area (Å²) >= 11 is 0. The maximum atomic E-state index is 13.5. The van der Waals surface area contributed by atoms with Gasteiger partial charge in [0.15, 0.2) is 0 Å². The molecule has 0 fully saturated rings. The molecule has 0 saturated heterocycles. The number of nitrogens with one attached hydrogen (secondary N) is 2. The van der Waals surface area contributed by atoms with Crippen molar-refractivity contribution < 1.29 is 9.18 Å². The highest BCUT2D eigenvalue weighted by atomic mass is 19.1. The van der Waals surface area contributed by atoms with E-state index < -0.39 is 0 Å². The molecule has 3 rings (SSSR count). The molecule has 102 valence electrons. The smallest absolute Gasteiger partial charge is 0.255 e. The lowest BCUT2D eigenvalue weighted by atomic mass is 10.1. The molecule has 0 unspecified atom stereocenters. The highest BCUT2D eigenvalue weighted by Crippen LogP contribution is 2.20. The van der Waals surface area contributed by atoms with Gasteiger partial charge in [0.1, 0.15) is 5.82 Å². The molecule has 2 aromatic carbocycles. The van der Waals surface area contributed by atoms with E-state index in [4.69, 9.17) is 0 Å². The number of carbonyl (C=O) groups excluding carboxylic acids is 1. The average Bonchev–Trinajstić information content (AvgIpc) is 2.91. The standard InChI is InChI=1S/C16H15FN2O/c1-10-14(17)3-2-4-15(10)19-16(20)11-5-6-12-8-18-9-13(12)7-11/h2-7,18H,8-9H2,1H3,(H,19,20). The van der Waals surface area contributed by atoms with Crippen molar-refractivity contribution in [2.75, 3.05) is 5.32 Å². The number of hydrogen-bond donors (Lipinski definition) is 2. The molecule has 0 aliphatic carbocycles. The van der Waals surface area contributed by atoms with Gasteiger partial charge in [-0.15, -0.1) is 0 Å². The summed E-state index contributed by atoms with van der Waals surface area (Å²) in [6.07, 6.45) is 0. The summed E-state index contributed by atoms with van der Waals surface area (Å²) in [5, 5.41) is 6.00. The first-order chi connectivity index (χ1) is 9.65. The van der Waals surface area contributed by atoms with E-state index in [2.05, 4.69) is 10.6 Å². The lowest BCUT2D eigenvalue weighted by Crippen LogP contribution is -2.13. The Morgan fingerprint density at radius 1 is 1.20 bits per heavy atom. The van der Waals surface area contributed by atoms with E-state index in [1.165, 1.54) is 11.6 Å². The number of halogens is 1. The summed E-state index contributed by atoms with van der Waals surface area (Å²) in [6, 6.07) is 10.3. The summed E-state index contributed by atoms with van der Waals surface area (Å²) in [4.78, 5) is 12.2. The van der Waals surface area contributed by atoms with Crippen molar-refractivity contribution in [1.82, 2.24) is 5.32 Å². The molecule has 1 heterocycles. The van der Waals surface area contributed by atoms with Crippen LogP contribution in [0.3, 0.4) is 0 Å². The van der Waals surface area contributed by atoms with Gasteiger partial charge in [0.25, 0.3) is 5.91 Å². The normalized spacial score (nSPS) is 13.1. The first kappa shape index (κ1) is 12.8. The first-order valence-corrected chi connectivity index (χ1v) is 6.54. The van der Waals surface area contributed by atoms with Gasteiger partial charge < -0.3 is 10.6 Å². The molecule has 2 aromatic rings. The molecule has 3 nitrogen and oxygen atoms in total. The Morgan fingerprint density at radius 2 is 2.00 bits per heavy atom. The number of fused-ring (bicyclic) bond motifs is 1. The number of carbonyl (C=O) groups is 1. The van der Waals surface area contributed by atoms with Gasteiger partial charge in [-0.1, -0.05) is 12.1 Å². The highest BCUT2D eigenvalue weighted by Gasteiger charge is 2.14. The molecule has 0 aromatic heterocycles. The number of benzene rings is 2. The van der Waals surface area contributed by atoms with Crippen LogP contribution in [0.1, 0.15) is 27.0 Å². The fourth-order valence-corrected chi connectivity index (χ4v) is 2.37. The van der Waals surface area contributed by atoms with E-state index in [0.717, 1.165) is 18.7 Å². The molecular weight excluding hydrogens is 255 g/mol. The zero-order chi connectivity index (χ0) is 14.1. The summed E-state index contributed by atoms with van der Waals surface area (Å²) in [7, 11) is 0. The van der Waals surface area contributed by atoms with Gasteiger partial charge in [0.05, 0.1) is 0 Å². The van der Waals surface area contributed by atoms with Crippen LogP contribution < -0.4 is 10.6 Å². The van der Waals surface area contributed by atoms with Crippen LogP contribution in [0, 0.1) is 12.7 Å². The van der Waals surface area contributed by atoms with Crippen LogP contribution >= 0.6 is 0 Å². The Hall–Kier alpha value is -2.20. The zero-order valence-electron chi connectivity index (χ0n) is 11.2. The minimum Gasteiger partial charge on any atom is -0.322 e. The van der Waals surface area contributed by atoms with Gasteiger partial charge >= 0.3 is 0 Å². The van der Waals surface area contributed by atoms with Gasteiger partial charge in [0, 0.05) is 29.9 Å². The Balaban J connectivity index is 1.84. The third-order valence-electron chi connectivity index (χ3n) is 3.62. The van der Waals surface area contributed by atoms with Crippen LogP contribution in [-0.2, 0) is 13.1 Å². The van der Waals surface area contributed by atoms with Crippen LogP contribution in [0.5, 0.6) is 0 Å². The fraction of sp³-hybridized carbons (Fsp3) is 0.188. The van der Waals surface area contributed by atoms with Crippen molar-refractivity contribution >= 4 is 11.6 Å². The zero-order valence-corrected chi connectivity index (χ0v) is 11.2. The monoisotopic (exact) mass is 270 g/mol. The summed E-state index contributed by atoms with van der Waals surface area (Å²) in [5.41, 5.74) is 3.92. The number of anilines is 1. The Morgan fingerprint density at radius 3 is 2.85 bits per heavy atom. The van der Waals surface area contributed by atoms with E-state index in [1.807, 2.05) is 12.1 Å². The number of amides is 1. The third-order valence-corrected chi connectivity index (χ3v) is 3.62. The quantitative estimate of drug-likeness (QED) is 0.880. The van der Waals surface area contributed by atoms with E-state index in [0.29, 0.717) is 16.8 Å². The van der Waals surface area contributed by atoms with E-state index in [9.17, 15) is 9.18 Å². The molecule has 20 heavy (non-hydrogen) atoms. The molecule has 1 aliphatic rings. The molecule has 4 heteroatoms. The van der Waals surface area contributed by atoms with Gasteiger partial charge in [-0.25, -0.2) is 4.39 Å². The maximum absolute atomic E-state index is 13.5. The molecular formula is C16H15FN2O. The van der Waals surface area contributed by atoms with Crippen LogP contribution in [0.25, 0.3) is 0 Å².